The van der Waals surface area contributed by atoms with Gasteiger partial charge in [-0.2, -0.15) is 0 Å². The summed E-state index contributed by atoms with van der Waals surface area (Å²) < 4.78 is 10.8. The predicted molar refractivity (Wildman–Crippen MR) is 66.1 cm³/mol. The molecule has 0 aliphatic carbocycles. The van der Waals surface area contributed by atoms with Crippen molar-refractivity contribution in [3.63, 3.8) is 0 Å². The summed E-state index contributed by atoms with van der Waals surface area (Å²) in [5.41, 5.74) is 0.976. The topological polar surface area (TPSA) is 42.1 Å². The van der Waals surface area contributed by atoms with Crippen LogP contribution in [0, 0.1) is 0 Å². The lowest BCUT2D eigenvalue weighted by atomic mass is 9.99. The van der Waals surface area contributed by atoms with Crippen LogP contribution in [-0.4, -0.2) is 36.3 Å². The zero-order valence-corrected chi connectivity index (χ0v) is 10.3. The second-order valence-electron chi connectivity index (χ2n) is 5.04. The molecule has 18 heavy (non-hydrogen) atoms. The van der Waals surface area contributed by atoms with Crippen molar-refractivity contribution in [2.75, 3.05) is 19.7 Å². The average Bonchev–Trinajstić information content (AvgIpc) is 3.16. The third kappa shape index (κ3) is 2.48. The number of nitrogens with zero attached hydrogens (tertiary/aromatic N) is 1. The van der Waals surface area contributed by atoms with E-state index in [2.05, 4.69) is 0 Å². The van der Waals surface area contributed by atoms with Gasteiger partial charge in [0.05, 0.1) is 13.2 Å². The maximum atomic E-state index is 11.9. The van der Waals surface area contributed by atoms with Gasteiger partial charge in [0.1, 0.15) is 12.2 Å². The molecule has 4 heteroatoms. The van der Waals surface area contributed by atoms with Crippen molar-refractivity contribution >= 4 is 6.09 Å². The highest BCUT2D eigenvalue weighted by atomic mass is 16.6. The Labute approximate surface area is 106 Å². The fourth-order valence-electron chi connectivity index (χ4n) is 2.40. The second kappa shape index (κ2) is 4.61. The maximum Gasteiger partial charge on any atom is 0.410 e. The fraction of sp³-hybridized carbons (Fsp3) is 0.500. The lowest BCUT2D eigenvalue weighted by Crippen LogP contribution is -2.44. The molecule has 2 saturated heterocycles. The first kappa shape index (κ1) is 11.5. The fourth-order valence-corrected chi connectivity index (χ4v) is 2.40. The van der Waals surface area contributed by atoms with Gasteiger partial charge in [-0.05, 0) is 18.4 Å². The number of piperidine rings is 1. The lowest BCUT2D eigenvalue weighted by molar-refractivity contribution is 0.0707. The van der Waals surface area contributed by atoms with Crippen LogP contribution in [0.15, 0.2) is 30.3 Å². The highest BCUT2D eigenvalue weighted by Crippen LogP contribution is 2.36. The normalized spacial score (nSPS) is 26.1. The molecule has 3 rings (SSSR count). The van der Waals surface area contributed by atoms with E-state index in [1.807, 2.05) is 30.3 Å². The first-order valence-corrected chi connectivity index (χ1v) is 6.37. The molecule has 0 saturated carbocycles. The second-order valence-corrected chi connectivity index (χ2v) is 5.04. The summed E-state index contributed by atoms with van der Waals surface area (Å²) in [6.07, 6.45) is 1.84. The van der Waals surface area contributed by atoms with Crippen LogP contribution in [-0.2, 0) is 16.1 Å². The minimum atomic E-state index is -0.228. The molecule has 0 bridgehead atoms. The van der Waals surface area contributed by atoms with Crippen molar-refractivity contribution in [3.05, 3.63) is 35.9 Å². The van der Waals surface area contributed by atoms with Crippen LogP contribution in [0.5, 0.6) is 0 Å². The van der Waals surface area contributed by atoms with Crippen molar-refractivity contribution in [1.29, 1.82) is 0 Å². The number of carbonyl (C=O) groups excluding carboxylic acids is 1. The standard InChI is InChI=1S/C14H17NO3/c16-13(17-9-12-5-2-1-3-6-12)15-8-4-7-14(10-15)11-18-14/h1-3,5-6H,4,7-11H2/t14-/m1/s1. The quantitative estimate of drug-likeness (QED) is 0.752. The molecule has 0 aromatic heterocycles. The van der Waals surface area contributed by atoms with E-state index in [1.165, 1.54) is 0 Å². The van der Waals surface area contributed by atoms with Crippen LogP contribution in [0.3, 0.4) is 0 Å². The molecule has 1 amide bonds. The van der Waals surface area contributed by atoms with Gasteiger partial charge < -0.3 is 14.4 Å². The van der Waals surface area contributed by atoms with Crippen molar-refractivity contribution in [3.8, 4) is 0 Å². The van der Waals surface area contributed by atoms with Gasteiger partial charge in [-0.25, -0.2) is 4.79 Å². The Kier molecular flexibility index (Phi) is 2.96. The van der Waals surface area contributed by atoms with Gasteiger partial charge in [0, 0.05) is 6.54 Å². The van der Waals surface area contributed by atoms with E-state index in [9.17, 15) is 4.79 Å². The van der Waals surface area contributed by atoms with Gasteiger partial charge in [-0.1, -0.05) is 30.3 Å². The molecule has 1 aromatic carbocycles. The summed E-state index contributed by atoms with van der Waals surface area (Å²) in [6.45, 7) is 2.58. The Hall–Kier alpha value is -1.55. The highest BCUT2D eigenvalue weighted by molar-refractivity contribution is 5.68. The summed E-state index contributed by atoms with van der Waals surface area (Å²) in [4.78, 5) is 13.7. The van der Waals surface area contributed by atoms with Crippen molar-refractivity contribution in [2.24, 2.45) is 0 Å². The number of carbonyl (C=O) groups is 1. The van der Waals surface area contributed by atoms with Gasteiger partial charge in [-0.3, -0.25) is 0 Å². The summed E-state index contributed by atoms with van der Waals surface area (Å²) in [7, 11) is 0. The summed E-state index contributed by atoms with van der Waals surface area (Å²) in [5, 5.41) is 0. The molecular weight excluding hydrogens is 230 g/mol. The van der Waals surface area contributed by atoms with Gasteiger partial charge >= 0.3 is 6.09 Å². The Balaban J connectivity index is 1.52. The number of amides is 1. The van der Waals surface area contributed by atoms with Crippen LogP contribution < -0.4 is 0 Å². The Bertz CT molecular complexity index is 428. The van der Waals surface area contributed by atoms with E-state index < -0.39 is 0 Å². The summed E-state index contributed by atoms with van der Waals surface area (Å²) >= 11 is 0. The molecule has 1 aromatic rings. The zero-order valence-electron chi connectivity index (χ0n) is 10.3. The molecule has 1 atom stereocenters. The van der Waals surface area contributed by atoms with Crippen molar-refractivity contribution < 1.29 is 14.3 Å². The lowest BCUT2D eigenvalue weighted by Gasteiger charge is -2.30. The van der Waals surface area contributed by atoms with E-state index in [1.54, 1.807) is 4.90 Å². The van der Waals surface area contributed by atoms with Crippen LogP contribution in [0.25, 0.3) is 0 Å². The molecule has 4 nitrogen and oxygen atoms in total. The number of benzene rings is 1. The number of likely N-dealkylation sites (tertiary alicyclic amines) is 1. The zero-order chi connectivity index (χ0) is 12.4. The number of rotatable bonds is 2. The molecule has 0 unspecified atom stereocenters. The highest BCUT2D eigenvalue weighted by Gasteiger charge is 2.48. The molecule has 0 radical (unpaired) electrons. The van der Waals surface area contributed by atoms with Gasteiger partial charge in [0.25, 0.3) is 0 Å². The minimum absolute atomic E-state index is 0.0377. The molecule has 2 aliphatic heterocycles. The van der Waals surface area contributed by atoms with Crippen LogP contribution in [0.1, 0.15) is 18.4 Å². The number of ether oxygens (including phenoxy) is 2. The molecule has 1 spiro atoms. The van der Waals surface area contributed by atoms with E-state index in [0.717, 1.165) is 31.6 Å². The van der Waals surface area contributed by atoms with E-state index in [-0.39, 0.29) is 11.7 Å². The van der Waals surface area contributed by atoms with Crippen LogP contribution in [0.2, 0.25) is 0 Å². The largest absolute Gasteiger partial charge is 0.445 e. The van der Waals surface area contributed by atoms with Crippen molar-refractivity contribution in [2.45, 2.75) is 25.0 Å². The van der Waals surface area contributed by atoms with Crippen molar-refractivity contribution in [1.82, 2.24) is 4.90 Å². The van der Waals surface area contributed by atoms with E-state index >= 15 is 0 Å². The third-order valence-electron chi connectivity index (χ3n) is 3.56. The Morgan fingerprint density at radius 3 is 2.89 bits per heavy atom. The van der Waals surface area contributed by atoms with Crippen LogP contribution in [0.4, 0.5) is 4.79 Å². The third-order valence-corrected chi connectivity index (χ3v) is 3.56. The molecule has 2 heterocycles. The molecular formula is C14H17NO3. The smallest absolute Gasteiger partial charge is 0.410 e. The summed E-state index contributed by atoms with van der Waals surface area (Å²) in [6, 6.07) is 9.74. The van der Waals surface area contributed by atoms with E-state index in [0.29, 0.717) is 13.2 Å². The number of hydrogen-bond donors (Lipinski definition) is 0. The van der Waals surface area contributed by atoms with Gasteiger partial charge in [-0.15, -0.1) is 0 Å². The number of epoxide rings is 1. The Morgan fingerprint density at radius 1 is 1.39 bits per heavy atom. The summed E-state index contributed by atoms with van der Waals surface area (Å²) in [5.74, 6) is 0. The van der Waals surface area contributed by atoms with Gasteiger partial charge in [0.2, 0.25) is 0 Å². The Morgan fingerprint density at radius 2 is 2.17 bits per heavy atom. The SMILES string of the molecule is O=C(OCc1ccccc1)N1CCC[C@]2(CO2)C1. The molecule has 2 fully saturated rings. The minimum Gasteiger partial charge on any atom is -0.445 e. The first-order chi connectivity index (χ1) is 8.77. The maximum absolute atomic E-state index is 11.9. The first-order valence-electron chi connectivity index (χ1n) is 6.37. The van der Waals surface area contributed by atoms with E-state index in [4.69, 9.17) is 9.47 Å². The van der Waals surface area contributed by atoms with Crippen LogP contribution >= 0.6 is 0 Å². The number of hydrogen-bond acceptors (Lipinski definition) is 3. The molecule has 96 valence electrons. The molecule has 0 N–H and O–H groups in total. The van der Waals surface area contributed by atoms with Gasteiger partial charge in [0.15, 0.2) is 0 Å². The predicted octanol–water partition coefficient (Wildman–Crippen LogP) is 2.19. The molecule has 2 aliphatic rings. The average molecular weight is 247 g/mol. The monoisotopic (exact) mass is 247 g/mol.